The highest BCUT2D eigenvalue weighted by molar-refractivity contribution is 7.15. The summed E-state index contributed by atoms with van der Waals surface area (Å²) < 4.78 is 37.5. The van der Waals surface area contributed by atoms with Gasteiger partial charge in [-0.05, 0) is 12.1 Å². The van der Waals surface area contributed by atoms with Crippen molar-refractivity contribution in [2.75, 3.05) is 5.32 Å². The highest BCUT2D eigenvalue weighted by atomic mass is 32.1. The van der Waals surface area contributed by atoms with Crippen LogP contribution in [0.1, 0.15) is 10.6 Å². The van der Waals surface area contributed by atoms with E-state index >= 15 is 0 Å². The zero-order valence-electron chi connectivity index (χ0n) is 12.3. The number of alkyl halides is 3. The molecule has 0 aliphatic carbocycles. The molecule has 0 fully saturated rings. The molecular formula is C15H8F3N5OS. The molecule has 25 heavy (non-hydrogen) atoms. The van der Waals surface area contributed by atoms with Gasteiger partial charge in [-0.15, -0.1) is 10.2 Å². The first kappa shape index (κ1) is 16.7. The largest absolute Gasteiger partial charge is 0.445 e. The Hall–Kier alpha value is -3.19. The molecule has 10 heteroatoms. The monoisotopic (exact) mass is 363 g/mol. The van der Waals surface area contributed by atoms with Gasteiger partial charge < -0.3 is 4.98 Å². The van der Waals surface area contributed by atoms with Gasteiger partial charge >= 0.3 is 6.18 Å². The number of nitrogens with zero attached hydrogens (tertiary/aromatic N) is 3. The summed E-state index contributed by atoms with van der Waals surface area (Å²) in [5.41, 5.74) is 1.16. The molecule has 0 unspecified atom stereocenters. The van der Waals surface area contributed by atoms with Crippen molar-refractivity contribution in [1.29, 1.82) is 5.26 Å². The van der Waals surface area contributed by atoms with Gasteiger partial charge in [0.15, 0.2) is 0 Å². The van der Waals surface area contributed by atoms with Crippen molar-refractivity contribution in [2.24, 2.45) is 0 Å². The van der Waals surface area contributed by atoms with E-state index in [-0.39, 0.29) is 22.0 Å². The molecule has 0 aliphatic rings. The first-order valence-corrected chi connectivity index (χ1v) is 7.60. The van der Waals surface area contributed by atoms with Crippen LogP contribution in [0.4, 0.5) is 18.3 Å². The van der Waals surface area contributed by atoms with Gasteiger partial charge in [0.2, 0.25) is 10.1 Å². The Bertz CT molecular complexity index is 1010. The molecular weight excluding hydrogens is 355 g/mol. The van der Waals surface area contributed by atoms with Gasteiger partial charge in [-0.3, -0.25) is 10.1 Å². The standard InChI is InChI=1S/C15H8F3N5OS/c16-15(17,18)13-22-23-14(25-13)21-12(24)8(6-19)5-9-7-20-11-4-2-1-3-10(9)11/h1-5,7,20H,(H,21,23,24)/b8-5+. The summed E-state index contributed by atoms with van der Waals surface area (Å²) in [5.74, 6) is -0.863. The van der Waals surface area contributed by atoms with E-state index in [1.54, 1.807) is 18.3 Å². The van der Waals surface area contributed by atoms with Crippen LogP contribution in [0, 0.1) is 11.3 Å². The number of amides is 1. The summed E-state index contributed by atoms with van der Waals surface area (Å²) in [5, 5.41) is 16.8. The quantitative estimate of drug-likeness (QED) is 0.549. The Kier molecular flexibility index (Phi) is 4.24. The summed E-state index contributed by atoms with van der Waals surface area (Å²) in [7, 11) is 0. The van der Waals surface area contributed by atoms with Crippen LogP contribution in [-0.2, 0) is 11.0 Å². The second kappa shape index (κ2) is 6.37. The average Bonchev–Trinajstić information content (AvgIpc) is 3.19. The number of nitriles is 1. The van der Waals surface area contributed by atoms with Gasteiger partial charge in [0.25, 0.3) is 5.91 Å². The minimum absolute atomic E-state index is 0.185. The SMILES string of the molecule is N#C/C(=C\c1c[nH]c2ccccc12)C(=O)Nc1nnc(C(F)(F)F)s1. The zero-order valence-corrected chi connectivity index (χ0v) is 13.1. The Labute approximate surface area is 142 Å². The number of anilines is 1. The number of nitrogens with one attached hydrogen (secondary N) is 2. The van der Waals surface area contributed by atoms with E-state index in [2.05, 4.69) is 20.5 Å². The van der Waals surface area contributed by atoms with Crippen LogP contribution in [0.15, 0.2) is 36.0 Å². The lowest BCUT2D eigenvalue weighted by Gasteiger charge is -2.00. The molecule has 1 aromatic carbocycles. The number of rotatable bonds is 3. The lowest BCUT2D eigenvalue weighted by Crippen LogP contribution is -2.13. The first-order chi connectivity index (χ1) is 11.9. The molecule has 3 rings (SSSR count). The van der Waals surface area contributed by atoms with Crippen molar-refractivity contribution < 1.29 is 18.0 Å². The number of aromatic nitrogens is 3. The minimum atomic E-state index is -4.64. The molecule has 2 aromatic heterocycles. The third-order valence-corrected chi connectivity index (χ3v) is 4.06. The maximum absolute atomic E-state index is 12.5. The van der Waals surface area contributed by atoms with E-state index in [1.165, 1.54) is 6.08 Å². The number of benzene rings is 1. The van der Waals surface area contributed by atoms with E-state index in [0.717, 1.165) is 10.9 Å². The summed E-state index contributed by atoms with van der Waals surface area (Å²) in [4.78, 5) is 15.1. The first-order valence-electron chi connectivity index (χ1n) is 6.78. The van der Waals surface area contributed by atoms with Crippen molar-refractivity contribution in [1.82, 2.24) is 15.2 Å². The van der Waals surface area contributed by atoms with E-state index < -0.39 is 17.1 Å². The number of hydrogen-bond donors (Lipinski definition) is 2. The van der Waals surface area contributed by atoms with Crippen LogP contribution in [0.5, 0.6) is 0 Å². The van der Waals surface area contributed by atoms with Gasteiger partial charge in [0, 0.05) is 22.7 Å². The third kappa shape index (κ3) is 3.51. The van der Waals surface area contributed by atoms with Crippen LogP contribution in [-0.4, -0.2) is 21.1 Å². The topological polar surface area (TPSA) is 94.5 Å². The van der Waals surface area contributed by atoms with E-state index in [9.17, 15) is 23.2 Å². The number of carbonyl (C=O) groups is 1. The van der Waals surface area contributed by atoms with E-state index in [4.69, 9.17) is 0 Å². The number of carbonyl (C=O) groups excluding carboxylic acids is 1. The normalized spacial score (nSPS) is 12.2. The van der Waals surface area contributed by atoms with Crippen molar-refractivity contribution >= 4 is 39.4 Å². The lowest BCUT2D eigenvalue weighted by molar-refractivity contribution is -0.138. The Morgan fingerprint density at radius 3 is 2.76 bits per heavy atom. The van der Waals surface area contributed by atoms with Crippen LogP contribution < -0.4 is 5.32 Å². The number of aromatic amines is 1. The number of hydrogen-bond acceptors (Lipinski definition) is 5. The molecule has 0 atom stereocenters. The number of halogens is 3. The molecule has 0 bridgehead atoms. The summed E-state index contributed by atoms with van der Waals surface area (Å²) in [6, 6.07) is 9.01. The van der Waals surface area contributed by atoms with Crippen LogP contribution >= 0.6 is 11.3 Å². The molecule has 0 aliphatic heterocycles. The summed E-state index contributed by atoms with van der Waals surface area (Å²) in [6.07, 6.45) is -1.67. The molecule has 2 N–H and O–H groups in total. The van der Waals surface area contributed by atoms with Gasteiger partial charge in [-0.1, -0.05) is 29.5 Å². The number of para-hydroxylation sites is 1. The Morgan fingerprint density at radius 1 is 1.32 bits per heavy atom. The fourth-order valence-electron chi connectivity index (χ4n) is 2.07. The van der Waals surface area contributed by atoms with E-state index in [1.807, 2.05) is 18.2 Å². The van der Waals surface area contributed by atoms with Crippen LogP contribution in [0.2, 0.25) is 0 Å². The summed E-state index contributed by atoms with van der Waals surface area (Å²) >= 11 is 0.185. The second-order valence-electron chi connectivity index (χ2n) is 4.82. The average molecular weight is 363 g/mol. The van der Waals surface area contributed by atoms with Gasteiger partial charge in [-0.25, -0.2) is 0 Å². The Balaban J connectivity index is 1.84. The lowest BCUT2D eigenvalue weighted by atomic mass is 10.1. The highest BCUT2D eigenvalue weighted by Crippen LogP contribution is 2.33. The molecule has 0 saturated carbocycles. The van der Waals surface area contributed by atoms with Crippen LogP contribution in [0.3, 0.4) is 0 Å². The maximum Gasteiger partial charge on any atom is 0.445 e. The number of H-pyrrole nitrogens is 1. The maximum atomic E-state index is 12.5. The fourth-order valence-corrected chi connectivity index (χ4v) is 2.68. The van der Waals surface area contributed by atoms with Gasteiger partial charge in [-0.2, -0.15) is 18.4 Å². The minimum Gasteiger partial charge on any atom is -0.361 e. The van der Waals surface area contributed by atoms with Crippen molar-refractivity contribution in [3.05, 3.63) is 46.6 Å². The smallest absolute Gasteiger partial charge is 0.361 e. The van der Waals surface area contributed by atoms with Gasteiger partial charge in [0.05, 0.1) is 0 Å². The second-order valence-corrected chi connectivity index (χ2v) is 5.80. The molecule has 1 amide bonds. The molecule has 0 saturated heterocycles. The Morgan fingerprint density at radius 2 is 2.08 bits per heavy atom. The van der Waals surface area contributed by atoms with Crippen molar-refractivity contribution in [2.45, 2.75) is 6.18 Å². The molecule has 6 nitrogen and oxygen atoms in total. The molecule has 0 spiro atoms. The van der Waals surface area contributed by atoms with E-state index in [0.29, 0.717) is 5.56 Å². The van der Waals surface area contributed by atoms with Crippen molar-refractivity contribution in [3.8, 4) is 6.07 Å². The molecule has 3 aromatic rings. The number of fused-ring (bicyclic) bond motifs is 1. The summed E-state index contributed by atoms with van der Waals surface area (Å²) in [6.45, 7) is 0. The van der Waals surface area contributed by atoms with Crippen molar-refractivity contribution in [3.63, 3.8) is 0 Å². The fraction of sp³-hybridized carbons (Fsp3) is 0.0667. The predicted octanol–water partition coefficient (Wildman–Crippen LogP) is 3.58. The van der Waals surface area contributed by atoms with Crippen LogP contribution in [0.25, 0.3) is 17.0 Å². The van der Waals surface area contributed by atoms with Gasteiger partial charge in [0.1, 0.15) is 11.6 Å². The zero-order chi connectivity index (χ0) is 18.0. The molecule has 126 valence electrons. The molecule has 0 radical (unpaired) electrons. The predicted molar refractivity (Wildman–Crippen MR) is 85.4 cm³/mol. The third-order valence-electron chi connectivity index (χ3n) is 3.17. The molecule has 2 heterocycles. The highest BCUT2D eigenvalue weighted by Gasteiger charge is 2.35.